The molecule has 0 aliphatic carbocycles. The van der Waals surface area contributed by atoms with E-state index in [9.17, 15) is 0 Å². The Bertz CT molecular complexity index is 464. The van der Waals surface area contributed by atoms with Gasteiger partial charge in [0.1, 0.15) is 0 Å². The van der Waals surface area contributed by atoms with E-state index in [0.717, 1.165) is 30.1 Å². The average Bonchev–Trinajstić information content (AvgIpc) is 2.75. The first-order chi connectivity index (χ1) is 7.79. The van der Waals surface area contributed by atoms with Crippen molar-refractivity contribution in [3.63, 3.8) is 0 Å². The van der Waals surface area contributed by atoms with E-state index in [0.29, 0.717) is 5.88 Å². The summed E-state index contributed by atoms with van der Waals surface area (Å²) in [7, 11) is 0. The highest BCUT2D eigenvalue weighted by Crippen LogP contribution is 2.21. The zero-order chi connectivity index (χ0) is 11.4. The van der Waals surface area contributed by atoms with Crippen molar-refractivity contribution >= 4 is 11.6 Å². The van der Waals surface area contributed by atoms with Gasteiger partial charge in [0.15, 0.2) is 11.7 Å². The molecule has 0 bridgehead atoms. The van der Waals surface area contributed by atoms with Crippen LogP contribution in [0.4, 0.5) is 0 Å². The number of nitrogens with zero attached hydrogens (tertiary/aromatic N) is 1. The summed E-state index contributed by atoms with van der Waals surface area (Å²) in [6.07, 6.45) is 3.48. The topological polar surface area (TPSA) is 26.0 Å². The van der Waals surface area contributed by atoms with Crippen molar-refractivity contribution < 1.29 is 4.42 Å². The highest BCUT2D eigenvalue weighted by molar-refractivity contribution is 6.17. The molecule has 84 valence electrons. The van der Waals surface area contributed by atoms with Crippen molar-refractivity contribution in [3.8, 4) is 11.3 Å². The minimum Gasteiger partial charge on any atom is -0.441 e. The van der Waals surface area contributed by atoms with Gasteiger partial charge in [-0.2, -0.15) is 0 Å². The molecule has 2 nitrogen and oxygen atoms in total. The lowest BCUT2D eigenvalue weighted by atomic mass is 10.1. The van der Waals surface area contributed by atoms with E-state index in [1.165, 1.54) is 5.56 Å². The van der Waals surface area contributed by atoms with E-state index in [2.05, 4.69) is 24.0 Å². The van der Waals surface area contributed by atoms with Crippen molar-refractivity contribution in [2.75, 3.05) is 5.88 Å². The number of halogens is 1. The van der Waals surface area contributed by atoms with E-state index >= 15 is 0 Å². The van der Waals surface area contributed by atoms with Gasteiger partial charge in [-0.25, -0.2) is 4.98 Å². The van der Waals surface area contributed by atoms with Crippen LogP contribution in [0.5, 0.6) is 0 Å². The Kier molecular flexibility index (Phi) is 3.62. The maximum atomic E-state index is 5.66. The molecule has 0 N–H and O–H groups in total. The second-order valence-corrected chi connectivity index (χ2v) is 4.16. The summed E-state index contributed by atoms with van der Waals surface area (Å²) < 4.78 is 5.66. The van der Waals surface area contributed by atoms with Gasteiger partial charge < -0.3 is 4.42 Å². The fraction of sp³-hybridized carbons (Fsp3) is 0.308. The Morgan fingerprint density at radius 1 is 1.38 bits per heavy atom. The lowest BCUT2D eigenvalue weighted by molar-refractivity contribution is 0.503. The molecule has 0 saturated heterocycles. The molecule has 2 rings (SSSR count). The van der Waals surface area contributed by atoms with Crippen LogP contribution in [0.25, 0.3) is 11.3 Å². The first-order valence-electron chi connectivity index (χ1n) is 5.37. The third kappa shape index (κ3) is 2.64. The molecule has 0 fully saturated rings. The molecular weight excluding hydrogens is 222 g/mol. The van der Waals surface area contributed by atoms with Gasteiger partial charge in [0.25, 0.3) is 0 Å². The van der Waals surface area contributed by atoms with Gasteiger partial charge >= 0.3 is 0 Å². The van der Waals surface area contributed by atoms with Crippen LogP contribution < -0.4 is 0 Å². The molecule has 16 heavy (non-hydrogen) atoms. The number of aromatic nitrogens is 1. The third-order valence-corrected chi connectivity index (χ3v) is 2.65. The first kappa shape index (κ1) is 11.2. The van der Waals surface area contributed by atoms with Crippen LogP contribution >= 0.6 is 11.6 Å². The number of hydrogen-bond donors (Lipinski definition) is 0. The number of aryl methyl sites for hydroxylation is 2. The van der Waals surface area contributed by atoms with Crippen LogP contribution in [0.1, 0.15) is 17.9 Å². The molecule has 0 spiro atoms. The minimum absolute atomic E-state index is 0.641. The Morgan fingerprint density at radius 2 is 2.25 bits per heavy atom. The zero-order valence-corrected chi connectivity index (χ0v) is 10.00. The molecule has 0 aliphatic heterocycles. The smallest absolute Gasteiger partial charge is 0.194 e. The van der Waals surface area contributed by atoms with Crippen LogP contribution in [-0.4, -0.2) is 10.9 Å². The lowest BCUT2D eigenvalue weighted by Crippen LogP contribution is -1.84. The fourth-order valence-corrected chi connectivity index (χ4v) is 1.71. The number of oxazole rings is 1. The summed E-state index contributed by atoms with van der Waals surface area (Å²) in [4.78, 5) is 4.23. The van der Waals surface area contributed by atoms with Crippen LogP contribution in [-0.2, 0) is 6.42 Å². The predicted octanol–water partition coefficient (Wildman–Crippen LogP) is 3.82. The second kappa shape index (κ2) is 5.17. The highest BCUT2D eigenvalue weighted by Gasteiger charge is 2.05. The van der Waals surface area contributed by atoms with Crippen LogP contribution in [0.15, 0.2) is 34.9 Å². The van der Waals surface area contributed by atoms with E-state index in [1.54, 1.807) is 6.20 Å². The molecular formula is C13H14ClNO. The number of benzene rings is 1. The van der Waals surface area contributed by atoms with Crippen LogP contribution in [0, 0.1) is 6.92 Å². The van der Waals surface area contributed by atoms with E-state index in [1.807, 2.05) is 12.1 Å². The lowest BCUT2D eigenvalue weighted by Gasteiger charge is -1.97. The van der Waals surface area contributed by atoms with Gasteiger partial charge in [-0.15, -0.1) is 11.6 Å². The van der Waals surface area contributed by atoms with Gasteiger partial charge in [0.05, 0.1) is 6.20 Å². The Hall–Kier alpha value is -1.28. The average molecular weight is 236 g/mol. The molecule has 1 aromatic heterocycles. The summed E-state index contributed by atoms with van der Waals surface area (Å²) in [5, 5.41) is 0. The van der Waals surface area contributed by atoms with Crippen molar-refractivity contribution in [2.24, 2.45) is 0 Å². The summed E-state index contributed by atoms with van der Waals surface area (Å²) in [6.45, 7) is 2.06. The molecule has 0 radical (unpaired) electrons. The van der Waals surface area contributed by atoms with Crippen LogP contribution in [0.3, 0.4) is 0 Å². The van der Waals surface area contributed by atoms with Gasteiger partial charge in [0, 0.05) is 17.9 Å². The molecule has 3 heteroatoms. The summed E-state index contributed by atoms with van der Waals surface area (Å²) in [6, 6.07) is 8.20. The Labute approximate surface area is 100 Å². The molecule has 0 aliphatic rings. The maximum Gasteiger partial charge on any atom is 0.194 e. The number of rotatable bonds is 4. The standard InChI is InChI=1S/C13H14ClNO/c1-10-4-2-5-11(8-10)12-9-15-13(16-12)6-3-7-14/h2,4-5,8-9H,3,6-7H2,1H3. The third-order valence-electron chi connectivity index (χ3n) is 2.38. The predicted molar refractivity (Wildman–Crippen MR) is 65.7 cm³/mol. The fourth-order valence-electron chi connectivity index (χ4n) is 1.58. The Balaban J connectivity index is 2.18. The molecule has 2 aromatic rings. The van der Waals surface area contributed by atoms with Gasteiger partial charge in [-0.3, -0.25) is 0 Å². The molecule has 0 amide bonds. The highest BCUT2D eigenvalue weighted by atomic mass is 35.5. The van der Waals surface area contributed by atoms with Crippen molar-refractivity contribution in [1.29, 1.82) is 0 Å². The van der Waals surface area contributed by atoms with E-state index in [4.69, 9.17) is 16.0 Å². The monoisotopic (exact) mass is 235 g/mol. The number of alkyl halides is 1. The minimum atomic E-state index is 0.641. The molecule has 1 heterocycles. The zero-order valence-electron chi connectivity index (χ0n) is 9.24. The normalized spacial score (nSPS) is 10.6. The van der Waals surface area contributed by atoms with Crippen molar-refractivity contribution in [2.45, 2.75) is 19.8 Å². The van der Waals surface area contributed by atoms with Crippen LogP contribution in [0.2, 0.25) is 0 Å². The number of hydrogen-bond acceptors (Lipinski definition) is 2. The van der Waals surface area contributed by atoms with Gasteiger partial charge in [-0.05, 0) is 19.4 Å². The van der Waals surface area contributed by atoms with E-state index < -0.39 is 0 Å². The summed E-state index contributed by atoms with van der Waals surface area (Å²) >= 11 is 5.63. The molecule has 1 aromatic carbocycles. The Morgan fingerprint density at radius 3 is 3.00 bits per heavy atom. The first-order valence-corrected chi connectivity index (χ1v) is 5.91. The van der Waals surface area contributed by atoms with Gasteiger partial charge in [-0.1, -0.05) is 23.8 Å². The molecule has 0 atom stereocenters. The van der Waals surface area contributed by atoms with Gasteiger partial charge in [0.2, 0.25) is 0 Å². The molecule has 0 unspecified atom stereocenters. The summed E-state index contributed by atoms with van der Waals surface area (Å²) in [5.74, 6) is 2.23. The van der Waals surface area contributed by atoms with Crippen molar-refractivity contribution in [3.05, 3.63) is 41.9 Å². The maximum absolute atomic E-state index is 5.66. The quantitative estimate of drug-likeness (QED) is 0.753. The second-order valence-electron chi connectivity index (χ2n) is 3.78. The van der Waals surface area contributed by atoms with Crippen molar-refractivity contribution in [1.82, 2.24) is 4.98 Å². The molecule has 0 saturated carbocycles. The van der Waals surface area contributed by atoms with E-state index in [-0.39, 0.29) is 0 Å². The SMILES string of the molecule is Cc1cccc(-c2cnc(CCCCl)o2)c1. The largest absolute Gasteiger partial charge is 0.441 e. The summed E-state index contributed by atoms with van der Waals surface area (Å²) in [5.41, 5.74) is 2.29.